The molecule has 1 N–H and O–H groups in total. The maximum absolute atomic E-state index is 14.3. The van der Waals surface area contributed by atoms with Gasteiger partial charge in [0.05, 0.1) is 36.0 Å². The Balaban J connectivity index is 1.43. The van der Waals surface area contributed by atoms with E-state index in [4.69, 9.17) is 9.47 Å². The van der Waals surface area contributed by atoms with Gasteiger partial charge in [-0.1, -0.05) is 18.2 Å². The SMILES string of the molecule is N#Cc1cc(F)cc(C(=O)N2CCc3cc4ccc3C2c2cccc(c2)OCCCNC(=O)c2cncc(c2)O4)c1. The number of nitrogens with one attached hydrogen (secondary N) is 1. The zero-order valence-corrected chi connectivity index (χ0v) is 22.0. The third-order valence-corrected chi connectivity index (χ3v) is 7.14. The summed E-state index contributed by atoms with van der Waals surface area (Å²) < 4.78 is 26.4. The number of rotatable bonds is 1. The van der Waals surface area contributed by atoms with Gasteiger partial charge in [-0.25, -0.2) is 4.39 Å². The Bertz CT molecular complexity index is 1700. The Morgan fingerprint density at radius 2 is 1.95 bits per heavy atom. The topological polar surface area (TPSA) is 105 Å². The van der Waals surface area contributed by atoms with Gasteiger partial charge in [-0.2, -0.15) is 5.26 Å². The summed E-state index contributed by atoms with van der Waals surface area (Å²) in [6.07, 6.45) is 4.15. The second-order valence-electron chi connectivity index (χ2n) is 9.89. The third-order valence-electron chi connectivity index (χ3n) is 7.14. The van der Waals surface area contributed by atoms with Gasteiger partial charge in [-0.3, -0.25) is 14.6 Å². The van der Waals surface area contributed by atoms with Gasteiger partial charge in [0.1, 0.15) is 23.1 Å². The molecule has 0 saturated carbocycles. The van der Waals surface area contributed by atoms with Gasteiger partial charge in [0.25, 0.3) is 11.8 Å². The highest BCUT2D eigenvalue weighted by Gasteiger charge is 2.33. The number of pyridine rings is 1. The lowest BCUT2D eigenvalue weighted by atomic mass is 9.87. The highest BCUT2D eigenvalue weighted by molar-refractivity contribution is 5.95. The fourth-order valence-electron chi connectivity index (χ4n) is 5.26. The average Bonchev–Trinajstić information content (AvgIpc) is 2.99. The highest BCUT2D eigenvalue weighted by atomic mass is 19.1. The van der Waals surface area contributed by atoms with E-state index in [1.807, 2.05) is 48.5 Å². The van der Waals surface area contributed by atoms with Gasteiger partial charge in [0.2, 0.25) is 0 Å². The number of ether oxygens (including phenoxy) is 2. The molecular formula is C32H25FN4O4. The summed E-state index contributed by atoms with van der Waals surface area (Å²) in [6, 6.07) is 20.0. The van der Waals surface area contributed by atoms with Crippen LogP contribution in [0.25, 0.3) is 0 Å². The predicted molar refractivity (Wildman–Crippen MR) is 147 cm³/mol. The van der Waals surface area contributed by atoms with E-state index in [1.54, 1.807) is 17.2 Å². The number of nitriles is 1. The van der Waals surface area contributed by atoms with Gasteiger partial charge in [0.15, 0.2) is 0 Å². The van der Waals surface area contributed by atoms with Crippen molar-refractivity contribution < 1.29 is 23.5 Å². The summed E-state index contributed by atoms with van der Waals surface area (Å²) in [6.45, 7) is 1.15. The first-order valence-electron chi connectivity index (χ1n) is 13.3. The lowest BCUT2D eigenvalue weighted by Crippen LogP contribution is -2.40. The van der Waals surface area contributed by atoms with E-state index < -0.39 is 11.9 Å². The number of nitrogens with zero attached hydrogens (tertiary/aromatic N) is 3. The van der Waals surface area contributed by atoms with Crippen molar-refractivity contribution in [3.8, 4) is 23.3 Å². The minimum atomic E-state index is -0.638. The Labute approximate surface area is 236 Å². The molecule has 7 rings (SSSR count). The molecule has 8 bridgehead atoms. The molecule has 0 saturated heterocycles. The second-order valence-corrected chi connectivity index (χ2v) is 9.89. The number of amides is 2. The first kappa shape index (κ1) is 26.0. The van der Waals surface area contributed by atoms with Crippen molar-refractivity contribution in [3.05, 3.63) is 118 Å². The minimum Gasteiger partial charge on any atom is -0.494 e. The van der Waals surface area contributed by atoms with Crippen LogP contribution in [0.2, 0.25) is 0 Å². The van der Waals surface area contributed by atoms with Crippen LogP contribution in [-0.4, -0.2) is 41.4 Å². The number of aromatic nitrogens is 1. The number of benzene rings is 3. The molecule has 4 heterocycles. The summed E-state index contributed by atoms with van der Waals surface area (Å²) in [4.78, 5) is 32.3. The summed E-state index contributed by atoms with van der Waals surface area (Å²) in [7, 11) is 0. The highest BCUT2D eigenvalue weighted by Crippen LogP contribution is 2.39. The molecule has 3 aliphatic heterocycles. The number of halogens is 1. The first-order chi connectivity index (χ1) is 20.0. The molecule has 1 aromatic heterocycles. The monoisotopic (exact) mass is 548 g/mol. The predicted octanol–water partition coefficient (Wildman–Crippen LogP) is 5.18. The van der Waals surface area contributed by atoms with Gasteiger partial charge in [-0.05, 0) is 78.1 Å². The molecule has 0 aliphatic carbocycles. The largest absolute Gasteiger partial charge is 0.494 e. The zero-order valence-electron chi connectivity index (χ0n) is 22.0. The van der Waals surface area contributed by atoms with Crippen molar-refractivity contribution in [3.63, 3.8) is 0 Å². The average molecular weight is 549 g/mol. The number of hydrogen-bond donors (Lipinski definition) is 1. The fraction of sp³-hybridized carbons (Fsp3) is 0.188. The molecule has 204 valence electrons. The summed E-state index contributed by atoms with van der Waals surface area (Å²) in [5.41, 5.74) is 3.31. The molecule has 1 unspecified atom stereocenters. The smallest absolute Gasteiger partial charge is 0.254 e. The number of carbonyl (C=O) groups excluding carboxylic acids is 2. The van der Waals surface area contributed by atoms with E-state index in [1.165, 1.54) is 12.3 Å². The van der Waals surface area contributed by atoms with Crippen LogP contribution in [0.15, 0.2) is 79.1 Å². The van der Waals surface area contributed by atoms with Crippen molar-refractivity contribution in [2.75, 3.05) is 19.7 Å². The van der Waals surface area contributed by atoms with E-state index in [9.17, 15) is 19.2 Å². The van der Waals surface area contributed by atoms with Crippen molar-refractivity contribution >= 4 is 11.8 Å². The van der Waals surface area contributed by atoms with Crippen LogP contribution in [0.3, 0.4) is 0 Å². The maximum Gasteiger partial charge on any atom is 0.254 e. The van der Waals surface area contributed by atoms with Crippen LogP contribution >= 0.6 is 0 Å². The number of hydrogen-bond acceptors (Lipinski definition) is 6. The molecular weight excluding hydrogens is 523 g/mol. The zero-order chi connectivity index (χ0) is 28.3. The molecule has 3 aromatic carbocycles. The number of fused-ring (bicyclic) bond motifs is 6. The third kappa shape index (κ3) is 5.45. The number of carbonyl (C=O) groups is 2. The lowest BCUT2D eigenvalue weighted by Gasteiger charge is -2.38. The van der Waals surface area contributed by atoms with Gasteiger partial charge in [-0.15, -0.1) is 0 Å². The molecule has 41 heavy (non-hydrogen) atoms. The van der Waals surface area contributed by atoms with E-state index in [0.29, 0.717) is 55.4 Å². The minimum absolute atomic E-state index is 0.0856. The molecule has 0 spiro atoms. The molecule has 0 radical (unpaired) electrons. The van der Waals surface area contributed by atoms with E-state index in [2.05, 4.69) is 10.3 Å². The fourth-order valence-corrected chi connectivity index (χ4v) is 5.26. The van der Waals surface area contributed by atoms with Crippen LogP contribution in [0.5, 0.6) is 17.2 Å². The lowest BCUT2D eigenvalue weighted by molar-refractivity contribution is 0.0693. The molecule has 4 aromatic rings. The Morgan fingerprint density at radius 3 is 2.83 bits per heavy atom. The van der Waals surface area contributed by atoms with E-state index in [0.717, 1.165) is 28.8 Å². The molecule has 9 heteroatoms. The van der Waals surface area contributed by atoms with Crippen molar-refractivity contribution in [1.29, 1.82) is 5.26 Å². The van der Waals surface area contributed by atoms with E-state index >= 15 is 0 Å². The van der Waals surface area contributed by atoms with Gasteiger partial charge >= 0.3 is 0 Å². The second kappa shape index (κ2) is 11.1. The molecule has 8 nitrogen and oxygen atoms in total. The van der Waals surface area contributed by atoms with Crippen molar-refractivity contribution in [2.24, 2.45) is 0 Å². The molecule has 0 fully saturated rings. The van der Waals surface area contributed by atoms with Crippen LogP contribution < -0.4 is 14.8 Å². The van der Waals surface area contributed by atoms with Crippen molar-refractivity contribution in [1.82, 2.24) is 15.2 Å². The maximum atomic E-state index is 14.3. The summed E-state index contributed by atoms with van der Waals surface area (Å²) >= 11 is 0. The summed E-state index contributed by atoms with van der Waals surface area (Å²) in [5, 5.41) is 12.2. The van der Waals surface area contributed by atoms with Crippen molar-refractivity contribution in [2.45, 2.75) is 18.9 Å². The first-order valence-corrected chi connectivity index (χ1v) is 13.3. The standard InChI is InChI=1S/C32H25FN4O4/c33-25-12-20(17-34)11-23(13-25)32(39)37-9-7-21-14-27-5-6-29(21)30(37)22-3-1-4-26(15-22)40-10-2-8-36-31(38)24-16-28(41-27)19-35-18-24/h1,3-6,11-16,18-19,30H,2,7-10H2,(H,36,38). The van der Waals surface area contributed by atoms with Crippen LogP contribution in [0.1, 0.15) is 55.4 Å². The van der Waals surface area contributed by atoms with Crippen LogP contribution in [-0.2, 0) is 6.42 Å². The Morgan fingerprint density at radius 1 is 1.05 bits per heavy atom. The Hall–Kier alpha value is -5.23. The molecule has 2 amide bonds. The van der Waals surface area contributed by atoms with Gasteiger partial charge in [0, 0.05) is 24.8 Å². The van der Waals surface area contributed by atoms with Gasteiger partial charge < -0.3 is 19.7 Å². The summed E-state index contributed by atoms with van der Waals surface area (Å²) in [5.74, 6) is 0.376. The molecule has 3 aliphatic rings. The molecule has 1 atom stereocenters. The quantitative estimate of drug-likeness (QED) is 0.351. The van der Waals surface area contributed by atoms with Crippen LogP contribution in [0.4, 0.5) is 4.39 Å². The van der Waals surface area contributed by atoms with Crippen LogP contribution in [0, 0.1) is 17.1 Å². The Kier molecular flexibility index (Phi) is 7.04. The van der Waals surface area contributed by atoms with E-state index in [-0.39, 0.29) is 22.9 Å². The normalized spacial score (nSPS) is 16.3.